The van der Waals surface area contributed by atoms with E-state index < -0.39 is 16.1 Å². The minimum absolute atomic E-state index is 0.285. The number of halogens is 1. The van der Waals surface area contributed by atoms with E-state index in [0.717, 1.165) is 29.8 Å². The summed E-state index contributed by atoms with van der Waals surface area (Å²) in [7, 11) is -2.21. The molecule has 1 aromatic rings. The fraction of sp³-hybridized carbons (Fsp3) is 0.550. The first-order valence-electron chi connectivity index (χ1n) is 9.56. The van der Waals surface area contributed by atoms with Crippen LogP contribution in [0.4, 0.5) is 5.69 Å². The number of allylic oxidation sites excluding steroid dienone is 1. The predicted octanol–water partition coefficient (Wildman–Crippen LogP) is 3.90. The van der Waals surface area contributed by atoms with Crippen LogP contribution in [-0.4, -0.2) is 40.3 Å². The highest BCUT2D eigenvalue weighted by Crippen LogP contribution is 2.31. The van der Waals surface area contributed by atoms with E-state index >= 15 is 0 Å². The number of hydrogen-bond donors (Lipinski definition) is 1. The third-order valence-corrected chi connectivity index (χ3v) is 6.33. The Kier molecular flexibility index (Phi) is 8.19. The number of carbonyl (C=O) groups is 1. The third kappa shape index (κ3) is 5.88. The quantitative estimate of drug-likeness (QED) is 0.605. The Hall–Kier alpha value is -1.73. The molecule has 1 unspecified atom stereocenters. The largest absolute Gasteiger partial charge is 0.495 e. The number of carbonyl (C=O) groups excluding carboxylic acids is 1. The molecule has 0 saturated carbocycles. The second kappa shape index (κ2) is 10.2. The van der Waals surface area contributed by atoms with Crippen LogP contribution >= 0.6 is 11.6 Å². The van der Waals surface area contributed by atoms with Gasteiger partial charge in [0.25, 0.3) is 0 Å². The summed E-state index contributed by atoms with van der Waals surface area (Å²) in [6.45, 7) is 2.29. The summed E-state index contributed by atoms with van der Waals surface area (Å²) in [6.07, 6.45) is 9.07. The van der Waals surface area contributed by atoms with E-state index in [-0.39, 0.29) is 10.9 Å². The van der Waals surface area contributed by atoms with Gasteiger partial charge in [-0.1, -0.05) is 30.2 Å². The molecule has 6 nitrogen and oxygen atoms in total. The Morgan fingerprint density at radius 2 is 2.11 bits per heavy atom. The van der Waals surface area contributed by atoms with E-state index in [4.69, 9.17) is 16.3 Å². The van der Waals surface area contributed by atoms with Gasteiger partial charge in [0.2, 0.25) is 15.9 Å². The van der Waals surface area contributed by atoms with Gasteiger partial charge in [0.05, 0.1) is 24.1 Å². The summed E-state index contributed by atoms with van der Waals surface area (Å²) >= 11 is 6.17. The normalized spacial score (nSPS) is 15.5. The van der Waals surface area contributed by atoms with Crippen molar-refractivity contribution in [2.75, 3.05) is 24.2 Å². The number of nitrogens with one attached hydrogen (secondary N) is 1. The van der Waals surface area contributed by atoms with Crippen molar-refractivity contribution >= 4 is 33.2 Å². The van der Waals surface area contributed by atoms with Crippen LogP contribution in [0.25, 0.3) is 0 Å². The number of methoxy groups -OCH3 is 1. The molecule has 0 aromatic heterocycles. The Bertz CT molecular complexity index is 823. The minimum atomic E-state index is -3.69. The van der Waals surface area contributed by atoms with E-state index in [0.29, 0.717) is 24.4 Å². The highest BCUT2D eigenvalue weighted by Gasteiger charge is 2.31. The molecule has 28 heavy (non-hydrogen) atoms. The maximum atomic E-state index is 12.8. The molecule has 1 aliphatic carbocycles. The molecule has 2 rings (SSSR count). The van der Waals surface area contributed by atoms with Crippen molar-refractivity contribution in [1.29, 1.82) is 0 Å². The van der Waals surface area contributed by atoms with Crippen molar-refractivity contribution in [2.24, 2.45) is 0 Å². The molecule has 0 heterocycles. The van der Waals surface area contributed by atoms with Gasteiger partial charge in [-0.2, -0.15) is 0 Å². The summed E-state index contributed by atoms with van der Waals surface area (Å²) in [5, 5.41) is 3.18. The lowest BCUT2D eigenvalue weighted by molar-refractivity contribution is -0.122. The zero-order chi connectivity index (χ0) is 20.7. The molecule has 1 aromatic carbocycles. The molecule has 8 heteroatoms. The maximum absolute atomic E-state index is 12.8. The van der Waals surface area contributed by atoms with E-state index in [9.17, 15) is 13.2 Å². The van der Waals surface area contributed by atoms with Crippen LogP contribution in [0.3, 0.4) is 0 Å². The molecule has 1 amide bonds. The van der Waals surface area contributed by atoms with Gasteiger partial charge in [0.15, 0.2) is 0 Å². The number of amides is 1. The molecule has 0 bridgehead atoms. The van der Waals surface area contributed by atoms with Crippen molar-refractivity contribution < 1.29 is 17.9 Å². The smallest absolute Gasteiger partial charge is 0.243 e. The summed E-state index contributed by atoms with van der Waals surface area (Å²) in [6, 6.07) is 3.84. The topological polar surface area (TPSA) is 75.7 Å². The Morgan fingerprint density at radius 1 is 1.36 bits per heavy atom. The van der Waals surface area contributed by atoms with Gasteiger partial charge in [-0.3, -0.25) is 9.10 Å². The molecular formula is C20H29ClN2O4S. The number of hydrogen-bond acceptors (Lipinski definition) is 4. The summed E-state index contributed by atoms with van der Waals surface area (Å²) in [5.74, 6) is 0.133. The van der Waals surface area contributed by atoms with Gasteiger partial charge < -0.3 is 10.1 Å². The lowest BCUT2D eigenvalue weighted by Gasteiger charge is -2.30. The molecule has 0 fully saturated rings. The molecule has 156 valence electrons. The lowest BCUT2D eigenvalue weighted by atomic mass is 9.97. The number of anilines is 1. The van der Waals surface area contributed by atoms with Gasteiger partial charge in [0.1, 0.15) is 11.8 Å². The van der Waals surface area contributed by atoms with Crippen LogP contribution in [0.5, 0.6) is 5.75 Å². The van der Waals surface area contributed by atoms with Crippen LogP contribution in [0.15, 0.2) is 29.8 Å². The van der Waals surface area contributed by atoms with Crippen molar-refractivity contribution in [3.05, 3.63) is 34.9 Å². The molecule has 1 atom stereocenters. The van der Waals surface area contributed by atoms with E-state index in [1.165, 1.54) is 31.6 Å². The van der Waals surface area contributed by atoms with Crippen LogP contribution in [0.1, 0.15) is 45.4 Å². The first kappa shape index (κ1) is 22.6. The number of ether oxygens (including phenoxy) is 1. The van der Waals surface area contributed by atoms with Gasteiger partial charge >= 0.3 is 0 Å². The molecule has 1 aliphatic rings. The molecule has 0 aliphatic heterocycles. The maximum Gasteiger partial charge on any atom is 0.243 e. The Labute approximate surface area is 172 Å². The Morgan fingerprint density at radius 3 is 2.64 bits per heavy atom. The van der Waals surface area contributed by atoms with E-state index in [1.54, 1.807) is 19.1 Å². The molecule has 0 saturated heterocycles. The van der Waals surface area contributed by atoms with Crippen LogP contribution in [-0.2, 0) is 14.8 Å². The fourth-order valence-corrected chi connectivity index (χ4v) is 4.90. The highest BCUT2D eigenvalue weighted by atomic mass is 35.5. The van der Waals surface area contributed by atoms with Gasteiger partial charge in [-0.25, -0.2) is 8.42 Å². The second-order valence-electron chi connectivity index (χ2n) is 6.95. The van der Waals surface area contributed by atoms with Crippen molar-refractivity contribution in [3.63, 3.8) is 0 Å². The van der Waals surface area contributed by atoms with Gasteiger partial charge in [-0.15, -0.1) is 0 Å². The first-order valence-corrected chi connectivity index (χ1v) is 11.8. The number of nitrogens with zero attached hydrogens (tertiary/aromatic N) is 1. The van der Waals surface area contributed by atoms with Crippen LogP contribution in [0.2, 0.25) is 5.02 Å². The molecule has 0 radical (unpaired) electrons. The number of sulfonamides is 1. The summed E-state index contributed by atoms with van der Waals surface area (Å²) < 4.78 is 31.2. The zero-order valence-electron chi connectivity index (χ0n) is 16.7. The van der Waals surface area contributed by atoms with Crippen LogP contribution < -0.4 is 14.4 Å². The monoisotopic (exact) mass is 428 g/mol. The second-order valence-corrected chi connectivity index (χ2v) is 9.22. The van der Waals surface area contributed by atoms with Crippen molar-refractivity contribution in [2.45, 2.75) is 51.5 Å². The SMILES string of the molecule is CCC(C(=O)NCCC1=CCCCC1)N(c1ccc(OC)c(Cl)c1)S(C)(=O)=O. The standard InChI is InChI=1S/C20H29ClN2O4S/c1-4-18(20(24)22-13-12-15-8-6-5-7-9-15)23(28(3,25)26)16-10-11-19(27-2)17(21)14-16/h8,10-11,14,18H,4-7,9,12-13H2,1-3H3,(H,22,24). The Balaban J connectivity index is 2.16. The average molecular weight is 429 g/mol. The van der Waals surface area contributed by atoms with E-state index in [1.807, 2.05) is 0 Å². The highest BCUT2D eigenvalue weighted by molar-refractivity contribution is 7.92. The first-order chi connectivity index (χ1) is 13.3. The van der Waals surface area contributed by atoms with Crippen molar-refractivity contribution in [3.8, 4) is 5.75 Å². The third-order valence-electron chi connectivity index (χ3n) is 4.85. The van der Waals surface area contributed by atoms with Crippen LogP contribution in [0, 0.1) is 0 Å². The van der Waals surface area contributed by atoms with E-state index in [2.05, 4.69) is 11.4 Å². The molecular weight excluding hydrogens is 400 g/mol. The molecule has 0 spiro atoms. The fourth-order valence-electron chi connectivity index (χ4n) is 3.45. The predicted molar refractivity (Wildman–Crippen MR) is 114 cm³/mol. The summed E-state index contributed by atoms with van der Waals surface area (Å²) in [5.41, 5.74) is 1.70. The minimum Gasteiger partial charge on any atom is -0.495 e. The summed E-state index contributed by atoms with van der Waals surface area (Å²) in [4.78, 5) is 12.8. The van der Waals surface area contributed by atoms with Gasteiger partial charge in [-0.05, 0) is 56.7 Å². The lowest BCUT2D eigenvalue weighted by Crippen LogP contribution is -2.49. The average Bonchev–Trinajstić information content (AvgIpc) is 2.65. The zero-order valence-corrected chi connectivity index (χ0v) is 18.3. The van der Waals surface area contributed by atoms with Gasteiger partial charge in [0, 0.05) is 6.54 Å². The number of rotatable bonds is 9. The molecule has 1 N–H and O–H groups in total. The van der Waals surface area contributed by atoms with Crippen molar-refractivity contribution in [1.82, 2.24) is 5.32 Å². The number of benzene rings is 1.